The monoisotopic (exact) mass is 314 g/mol. The number of aliphatic imine (C=N–C) groups is 1. The van der Waals surface area contributed by atoms with Crippen molar-refractivity contribution in [2.45, 2.75) is 60.8 Å². The number of hydrogen-bond donors (Lipinski definition) is 1. The van der Waals surface area contributed by atoms with Crippen molar-refractivity contribution in [1.29, 1.82) is 0 Å². The Balaban J connectivity index is 0.00000112. The second-order valence-corrected chi connectivity index (χ2v) is 4.94. The van der Waals surface area contributed by atoms with Crippen LogP contribution < -0.4 is 5.32 Å². The lowest BCUT2D eigenvalue weighted by atomic mass is 10.0. The van der Waals surface area contributed by atoms with Gasteiger partial charge in [0.25, 0.3) is 0 Å². The molecule has 0 unspecified atom stereocenters. The van der Waals surface area contributed by atoms with Gasteiger partial charge in [-0.25, -0.2) is 0 Å². The van der Waals surface area contributed by atoms with Crippen LogP contribution in [-0.4, -0.2) is 12.4 Å². The van der Waals surface area contributed by atoms with Crippen molar-refractivity contribution in [3.05, 3.63) is 53.2 Å². The van der Waals surface area contributed by atoms with Gasteiger partial charge in [-0.3, -0.25) is 4.99 Å². The molecule has 0 aliphatic carbocycles. The van der Waals surface area contributed by atoms with Gasteiger partial charge in [-0.2, -0.15) is 0 Å². The Morgan fingerprint density at radius 1 is 1.17 bits per heavy atom. The van der Waals surface area contributed by atoms with E-state index in [1.807, 2.05) is 45.9 Å². The summed E-state index contributed by atoms with van der Waals surface area (Å²) in [6.45, 7) is 17.1. The topological polar surface area (TPSA) is 24.4 Å². The molecule has 128 valence electrons. The first-order valence-electron chi connectivity index (χ1n) is 8.98. The van der Waals surface area contributed by atoms with Crippen LogP contribution in [0.2, 0.25) is 0 Å². The summed E-state index contributed by atoms with van der Waals surface area (Å²) in [7, 11) is 0. The standard InChI is InChI=1S/C17H22N2.2C2H6/c1-4-6-11-16-13(3)12-18-17(19-16)15-10-8-7-9-14(15)5-2;2*1-2/h5,7-10H,2,4,6,11-12H2,1,3H3,(H,18,19);2*1-2H3. The van der Waals surface area contributed by atoms with E-state index in [1.165, 1.54) is 24.1 Å². The summed E-state index contributed by atoms with van der Waals surface area (Å²) in [4.78, 5) is 4.65. The largest absolute Gasteiger partial charge is 0.344 e. The molecule has 0 fully saturated rings. The Morgan fingerprint density at radius 3 is 2.43 bits per heavy atom. The van der Waals surface area contributed by atoms with Gasteiger partial charge in [-0.1, -0.05) is 78.0 Å². The lowest BCUT2D eigenvalue weighted by Crippen LogP contribution is -2.29. The molecule has 1 aliphatic rings. The average Bonchev–Trinajstić information content (AvgIpc) is 2.64. The second-order valence-electron chi connectivity index (χ2n) is 4.94. The fraction of sp³-hybridized carbons (Fsp3) is 0.476. The molecule has 0 aromatic heterocycles. The fourth-order valence-electron chi connectivity index (χ4n) is 2.25. The zero-order valence-corrected chi connectivity index (χ0v) is 15.9. The third kappa shape index (κ3) is 6.43. The predicted molar refractivity (Wildman–Crippen MR) is 106 cm³/mol. The number of rotatable bonds is 5. The maximum atomic E-state index is 4.65. The van der Waals surface area contributed by atoms with Gasteiger partial charge in [0.1, 0.15) is 5.84 Å². The van der Waals surface area contributed by atoms with Crippen LogP contribution in [0.1, 0.15) is 71.9 Å². The Bertz CT molecular complexity index is 524. The van der Waals surface area contributed by atoms with Gasteiger partial charge in [0.05, 0.1) is 6.54 Å². The van der Waals surface area contributed by atoms with Crippen LogP contribution in [0.25, 0.3) is 6.08 Å². The van der Waals surface area contributed by atoms with Crippen molar-refractivity contribution in [1.82, 2.24) is 5.32 Å². The maximum Gasteiger partial charge on any atom is 0.133 e. The van der Waals surface area contributed by atoms with E-state index in [1.54, 1.807) is 0 Å². The minimum absolute atomic E-state index is 0.798. The van der Waals surface area contributed by atoms with Gasteiger partial charge >= 0.3 is 0 Å². The Morgan fingerprint density at radius 2 is 1.83 bits per heavy atom. The highest BCUT2D eigenvalue weighted by atomic mass is 15.0. The van der Waals surface area contributed by atoms with Crippen molar-refractivity contribution >= 4 is 11.9 Å². The Hall–Kier alpha value is -1.83. The summed E-state index contributed by atoms with van der Waals surface area (Å²) < 4.78 is 0. The third-order valence-corrected chi connectivity index (χ3v) is 3.47. The molecular formula is C21H34N2. The van der Waals surface area contributed by atoms with E-state index in [0.29, 0.717) is 0 Å². The molecule has 1 aromatic rings. The lowest BCUT2D eigenvalue weighted by Gasteiger charge is -2.21. The van der Waals surface area contributed by atoms with Crippen molar-refractivity contribution < 1.29 is 0 Å². The van der Waals surface area contributed by atoms with Crippen LogP contribution in [0.5, 0.6) is 0 Å². The number of hydrogen-bond acceptors (Lipinski definition) is 2. The predicted octanol–water partition coefficient (Wildman–Crippen LogP) is 6.20. The number of benzene rings is 1. The summed E-state index contributed by atoms with van der Waals surface area (Å²) >= 11 is 0. The molecule has 0 saturated carbocycles. The number of nitrogens with one attached hydrogen (secondary N) is 1. The smallest absolute Gasteiger partial charge is 0.133 e. The maximum absolute atomic E-state index is 4.65. The molecule has 2 nitrogen and oxygen atoms in total. The highest BCUT2D eigenvalue weighted by Gasteiger charge is 2.14. The van der Waals surface area contributed by atoms with Crippen molar-refractivity contribution in [3.8, 4) is 0 Å². The molecule has 0 atom stereocenters. The van der Waals surface area contributed by atoms with Crippen molar-refractivity contribution in [2.24, 2.45) is 4.99 Å². The number of allylic oxidation sites excluding steroid dienone is 1. The van der Waals surface area contributed by atoms with E-state index in [0.717, 1.165) is 29.9 Å². The summed E-state index contributed by atoms with van der Waals surface area (Å²) in [5, 5.41) is 3.51. The molecule has 0 amide bonds. The average molecular weight is 315 g/mol. The fourth-order valence-corrected chi connectivity index (χ4v) is 2.25. The van der Waals surface area contributed by atoms with Gasteiger partial charge in [0.15, 0.2) is 0 Å². The molecule has 1 aliphatic heterocycles. The van der Waals surface area contributed by atoms with Crippen LogP contribution in [0.15, 0.2) is 47.1 Å². The summed E-state index contributed by atoms with van der Waals surface area (Å²) in [5.41, 5.74) is 4.96. The van der Waals surface area contributed by atoms with Crippen molar-refractivity contribution in [2.75, 3.05) is 6.54 Å². The number of unbranched alkanes of at least 4 members (excludes halogenated alkanes) is 1. The summed E-state index contributed by atoms with van der Waals surface area (Å²) in [6, 6.07) is 8.25. The summed E-state index contributed by atoms with van der Waals surface area (Å²) in [5.74, 6) is 0.979. The zero-order chi connectivity index (χ0) is 17.7. The molecular weight excluding hydrogens is 280 g/mol. The molecule has 1 N–H and O–H groups in total. The Kier molecular flexibility index (Phi) is 11.7. The molecule has 0 spiro atoms. The lowest BCUT2D eigenvalue weighted by molar-refractivity contribution is 0.742. The van der Waals surface area contributed by atoms with Gasteiger partial charge in [-0.15, -0.1) is 0 Å². The Labute approximate surface area is 143 Å². The van der Waals surface area contributed by atoms with E-state index in [4.69, 9.17) is 0 Å². The minimum atomic E-state index is 0.798. The first kappa shape index (κ1) is 21.2. The minimum Gasteiger partial charge on any atom is -0.344 e. The van der Waals surface area contributed by atoms with Gasteiger partial charge in [0, 0.05) is 11.3 Å². The SMILES string of the molecule is C=Cc1ccccc1C1=NCC(C)=C(CCCC)N1.CC.CC. The van der Waals surface area contributed by atoms with Gasteiger partial charge in [-0.05, 0) is 30.9 Å². The number of nitrogens with zero attached hydrogens (tertiary/aromatic N) is 1. The molecule has 0 radical (unpaired) electrons. The first-order chi connectivity index (χ1) is 11.3. The third-order valence-electron chi connectivity index (χ3n) is 3.47. The molecule has 23 heavy (non-hydrogen) atoms. The van der Waals surface area contributed by atoms with Crippen LogP contribution in [-0.2, 0) is 0 Å². The van der Waals surface area contributed by atoms with Crippen LogP contribution in [0.3, 0.4) is 0 Å². The van der Waals surface area contributed by atoms with E-state index < -0.39 is 0 Å². The number of amidine groups is 1. The van der Waals surface area contributed by atoms with Crippen LogP contribution in [0.4, 0.5) is 0 Å². The highest BCUT2D eigenvalue weighted by Crippen LogP contribution is 2.18. The van der Waals surface area contributed by atoms with Gasteiger partial charge < -0.3 is 5.32 Å². The molecule has 2 rings (SSSR count). The summed E-state index contributed by atoms with van der Waals surface area (Å²) in [6.07, 6.45) is 5.43. The molecule has 0 bridgehead atoms. The second kappa shape index (κ2) is 12.7. The van der Waals surface area contributed by atoms with Crippen LogP contribution in [0, 0.1) is 0 Å². The quantitative estimate of drug-likeness (QED) is 0.688. The van der Waals surface area contributed by atoms with Crippen molar-refractivity contribution in [3.63, 3.8) is 0 Å². The molecule has 1 heterocycles. The van der Waals surface area contributed by atoms with Gasteiger partial charge in [0.2, 0.25) is 0 Å². The molecule has 1 aromatic carbocycles. The van der Waals surface area contributed by atoms with E-state index in [2.05, 4.69) is 42.9 Å². The van der Waals surface area contributed by atoms with E-state index >= 15 is 0 Å². The van der Waals surface area contributed by atoms with E-state index in [-0.39, 0.29) is 0 Å². The normalized spacial score (nSPS) is 12.9. The molecule has 0 saturated heterocycles. The zero-order valence-electron chi connectivity index (χ0n) is 15.9. The van der Waals surface area contributed by atoms with Crippen LogP contribution >= 0.6 is 0 Å². The van der Waals surface area contributed by atoms with E-state index in [9.17, 15) is 0 Å². The first-order valence-corrected chi connectivity index (χ1v) is 8.98. The molecule has 2 heteroatoms. The highest BCUT2D eigenvalue weighted by molar-refractivity contribution is 6.03.